The number of benzene rings is 2. The van der Waals surface area contributed by atoms with Gasteiger partial charge in [-0.05, 0) is 61.4 Å². The summed E-state index contributed by atoms with van der Waals surface area (Å²) < 4.78 is 45.3. The number of nitrogens with zero attached hydrogens (tertiary/aromatic N) is 1. The number of hydrogen-bond donors (Lipinski definition) is 1. The number of carbonyl (C=O) groups is 1. The molecule has 1 N–H and O–H groups in total. The van der Waals surface area contributed by atoms with Gasteiger partial charge >= 0.3 is 6.18 Å². The highest BCUT2D eigenvalue weighted by molar-refractivity contribution is 6.36. The van der Waals surface area contributed by atoms with Crippen LogP contribution in [-0.2, 0) is 6.18 Å². The summed E-state index contributed by atoms with van der Waals surface area (Å²) in [6.07, 6.45) is -2.64. The summed E-state index contributed by atoms with van der Waals surface area (Å²) in [7, 11) is 0. The van der Waals surface area contributed by atoms with E-state index in [0.29, 0.717) is 40.1 Å². The standard InChI is InChI=1S/C22H17Cl2F3N2O2/c23-14-4-5-15(16(24)12-14)19-7-8-20(31-19)21(30)28-17-11-13(22(25,26)27)3-6-18(17)29-9-1-2-10-29/h3-8,11-12H,1-2,9-10H2,(H,28,30). The number of nitrogens with one attached hydrogen (secondary N) is 1. The van der Waals surface area contributed by atoms with Crippen LogP contribution in [0.15, 0.2) is 52.9 Å². The molecule has 1 aromatic heterocycles. The largest absolute Gasteiger partial charge is 0.451 e. The van der Waals surface area contributed by atoms with Gasteiger partial charge in [0.15, 0.2) is 5.76 Å². The van der Waals surface area contributed by atoms with Crippen LogP contribution in [0.2, 0.25) is 10.0 Å². The number of carbonyl (C=O) groups excluding carboxylic acids is 1. The van der Waals surface area contributed by atoms with Gasteiger partial charge in [-0.3, -0.25) is 4.79 Å². The van der Waals surface area contributed by atoms with E-state index in [4.69, 9.17) is 27.6 Å². The van der Waals surface area contributed by atoms with E-state index in [1.165, 1.54) is 12.1 Å². The Balaban J connectivity index is 1.62. The molecule has 4 nitrogen and oxygen atoms in total. The fourth-order valence-electron chi connectivity index (χ4n) is 3.52. The Labute approximate surface area is 186 Å². The number of amides is 1. The highest BCUT2D eigenvalue weighted by Gasteiger charge is 2.32. The number of rotatable bonds is 4. The van der Waals surface area contributed by atoms with Gasteiger partial charge in [0.2, 0.25) is 0 Å². The second-order valence-corrected chi connectivity index (χ2v) is 8.01. The Hall–Kier alpha value is -2.64. The van der Waals surface area contributed by atoms with E-state index in [1.54, 1.807) is 24.3 Å². The zero-order valence-electron chi connectivity index (χ0n) is 16.1. The summed E-state index contributed by atoms with van der Waals surface area (Å²) in [4.78, 5) is 14.7. The first-order chi connectivity index (χ1) is 14.7. The maximum atomic E-state index is 13.2. The SMILES string of the molecule is O=C(Nc1cc(C(F)(F)F)ccc1N1CCCC1)c1ccc(-c2ccc(Cl)cc2Cl)o1. The molecule has 0 aliphatic carbocycles. The predicted octanol–water partition coefficient (Wildman–Crippen LogP) is 7.12. The molecular formula is C22H17Cl2F3N2O2. The Morgan fingerprint density at radius 3 is 2.42 bits per heavy atom. The van der Waals surface area contributed by atoms with E-state index in [-0.39, 0.29) is 11.4 Å². The van der Waals surface area contributed by atoms with Crippen molar-refractivity contribution >= 4 is 40.5 Å². The van der Waals surface area contributed by atoms with Gasteiger partial charge in [0.25, 0.3) is 5.91 Å². The smallest absolute Gasteiger partial charge is 0.416 e. The molecule has 1 fully saturated rings. The maximum Gasteiger partial charge on any atom is 0.416 e. The third kappa shape index (κ3) is 4.67. The molecule has 2 heterocycles. The summed E-state index contributed by atoms with van der Waals surface area (Å²) in [6, 6.07) is 11.2. The molecule has 3 aromatic rings. The number of hydrogen-bond acceptors (Lipinski definition) is 3. The Morgan fingerprint density at radius 2 is 1.74 bits per heavy atom. The van der Waals surface area contributed by atoms with Crippen LogP contribution in [0.3, 0.4) is 0 Å². The average molecular weight is 469 g/mol. The van der Waals surface area contributed by atoms with E-state index in [2.05, 4.69) is 5.32 Å². The molecule has 0 radical (unpaired) electrons. The molecule has 2 aromatic carbocycles. The molecule has 0 bridgehead atoms. The van der Waals surface area contributed by atoms with Crippen molar-refractivity contribution in [2.24, 2.45) is 0 Å². The van der Waals surface area contributed by atoms with Crippen LogP contribution < -0.4 is 10.2 Å². The van der Waals surface area contributed by atoms with Gasteiger partial charge in [-0.25, -0.2) is 0 Å². The van der Waals surface area contributed by atoms with Crippen LogP contribution in [0.4, 0.5) is 24.5 Å². The molecule has 9 heteroatoms. The lowest BCUT2D eigenvalue weighted by atomic mass is 10.1. The molecule has 1 aliphatic heterocycles. The van der Waals surface area contributed by atoms with Crippen molar-refractivity contribution in [2.75, 3.05) is 23.3 Å². The summed E-state index contributed by atoms with van der Waals surface area (Å²) in [5.41, 5.74) is 0.344. The van der Waals surface area contributed by atoms with Gasteiger partial charge in [0.1, 0.15) is 5.76 Å². The summed E-state index contributed by atoms with van der Waals surface area (Å²) in [6.45, 7) is 1.43. The quantitative estimate of drug-likeness (QED) is 0.443. The lowest BCUT2D eigenvalue weighted by Crippen LogP contribution is -2.21. The van der Waals surface area contributed by atoms with Crippen molar-refractivity contribution in [3.8, 4) is 11.3 Å². The molecule has 0 spiro atoms. The Morgan fingerprint density at radius 1 is 1.00 bits per heavy atom. The molecule has 0 unspecified atom stereocenters. The molecule has 4 rings (SSSR count). The van der Waals surface area contributed by atoms with Crippen molar-refractivity contribution in [2.45, 2.75) is 19.0 Å². The second-order valence-electron chi connectivity index (χ2n) is 7.17. The van der Waals surface area contributed by atoms with Crippen LogP contribution in [0.5, 0.6) is 0 Å². The molecule has 1 aliphatic rings. The molecule has 0 atom stereocenters. The first kappa shape index (κ1) is 21.6. The van der Waals surface area contributed by atoms with Crippen LogP contribution in [-0.4, -0.2) is 19.0 Å². The van der Waals surface area contributed by atoms with Gasteiger partial charge in [-0.1, -0.05) is 23.2 Å². The highest BCUT2D eigenvalue weighted by Crippen LogP contribution is 2.37. The first-order valence-electron chi connectivity index (χ1n) is 9.55. The van der Waals surface area contributed by atoms with E-state index in [1.807, 2.05) is 4.90 Å². The average Bonchev–Trinajstić information content (AvgIpc) is 3.39. The number of halogens is 5. The minimum absolute atomic E-state index is 0.0502. The monoisotopic (exact) mass is 468 g/mol. The first-order valence-corrected chi connectivity index (χ1v) is 10.3. The Bertz CT molecular complexity index is 1120. The zero-order valence-corrected chi connectivity index (χ0v) is 17.6. The van der Waals surface area contributed by atoms with Crippen molar-refractivity contribution in [3.63, 3.8) is 0 Å². The number of anilines is 2. The van der Waals surface area contributed by atoms with E-state index < -0.39 is 17.6 Å². The van der Waals surface area contributed by atoms with Crippen LogP contribution in [0, 0.1) is 0 Å². The molecule has 0 saturated carbocycles. The number of alkyl halides is 3. The van der Waals surface area contributed by atoms with Gasteiger partial charge in [0, 0.05) is 23.7 Å². The van der Waals surface area contributed by atoms with Gasteiger partial charge < -0.3 is 14.6 Å². The topological polar surface area (TPSA) is 45.5 Å². The lowest BCUT2D eigenvalue weighted by molar-refractivity contribution is -0.137. The third-order valence-electron chi connectivity index (χ3n) is 5.05. The van der Waals surface area contributed by atoms with Crippen molar-refractivity contribution in [3.05, 3.63) is 69.9 Å². The van der Waals surface area contributed by atoms with Crippen LogP contribution >= 0.6 is 23.2 Å². The van der Waals surface area contributed by atoms with E-state index in [0.717, 1.165) is 25.0 Å². The highest BCUT2D eigenvalue weighted by atomic mass is 35.5. The molecule has 1 amide bonds. The van der Waals surface area contributed by atoms with Crippen molar-refractivity contribution in [1.82, 2.24) is 0 Å². The normalized spacial score (nSPS) is 14.2. The van der Waals surface area contributed by atoms with Gasteiger partial charge in [-0.2, -0.15) is 13.2 Å². The summed E-state index contributed by atoms with van der Waals surface area (Å²) >= 11 is 12.1. The summed E-state index contributed by atoms with van der Waals surface area (Å²) in [5, 5.41) is 3.38. The molecule has 31 heavy (non-hydrogen) atoms. The fraction of sp³-hybridized carbons (Fsp3) is 0.227. The Kier molecular flexibility index (Phi) is 5.90. The van der Waals surface area contributed by atoms with Gasteiger partial charge in [-0.15, -0.1) is 0 Å². The van der Waals surface area contributed by atoms with Crippen molar-refractivity contribution in [1.29, 1.82) is 0 Å². The fourth-order valence-corrected chi connectivity index (χ4v) is 4.03. The maximum absolute atomic E-state index is 13.2. The minimum atomic E-state index is -4.52. The molecular weight excluding hydrogens is 452 g/mol. The third-order valence-corrected chi connectivity index (χ3v) is 5.59. The lowest BCUT2D eigenvalue weighted by Gasteiger charge is -2.22. The second kappa shape index (κ2) is 8.48. The van der Waals surface area contributed by atoms with Gasteiger partial charge in [0.05, 0.1) is 22.0 Å². The van der Waals surface area contributed by atoms with E-state index >= 15 is 0 Å². The molecule has 1 saturated heterocycles. The zero-order chi connectivity index (χ0) is 22.2. The number of furan rings is 1. The van der Waals surface area contributed by atoms with Crippen LogP contribution in [0.25, 0.3) is 11.3 Å². The predicted molar refractivity (Wildman–Crippen MR) is 115 cm³/mol. The molecule has 162 valence electrons. The van der Waals surface area contributed by atoms with Crippen molar-refractivity contribution < 1.29 is 22.4 Å². The van der Waals surface area contributed by atoms with E-state index in [9.17, 15) is 18.0 Å². The summed E-state index contributed by atoms with van der Waals surface area (Å²) in [5.74, 6) is -0.363. The van der Waals surface area contributed by atoms with Crippen LogP contribution in [0.1, 0.15) is 29.0 Å². The minimum Gasteiger partial charge on any atom is -0.451 e.